The average Bonchev–Trinajstić information content (AvgIpc) is 3.51. The van der Waals surface area contributed by atoms with Crippen LogP contribution in [0.3, 0.4) is 0 Å². The number of nitrogens with zero attached hydrogens (tertiary/aromatic N) is 2. The van der Waals surface area contributed by atoms with Crippen molar-refractivity contribution in [2.24, 2.45) is 0 Å². The Kier molecular flexibility index (Phi) is 10.9. The summed E-state index contributed by atoms with van der Waals surface area (Å²) in [6, 6.07) is 6.17. The second-order valence-electron chi connectivity index (χ2n) is 7.54. The molecule has 1 unspecified atom stereocenters. The predicted octanol–water partition coefficient (Wildman–Crippen LogP) is 3.08. The van der Waals surface area contributed by atoms with Gasteiger partial charge in [0.25, 0.3) is 5.91 Å². The van der Waals surface area contributed by atoms with Crippen LogP contribution in [0.5, 0.6) is 0 Å². The molecular formula is C20H31Cl2F3N4O. The van der Waals surface area contributed by atoms with Crippen molar-refractivity contribution in [1.82, 2.24) is 20.4 Å². The zero-order valence-electron chi connectivity index (χ0n) is 17.1. The van der Waals surface area contributed by atoms with E-state index in [1.807, 2.05) is 12.1 Å². The maximum Gasteiger partial charge on any atom is 0.405 e. The minimum absolute atomic E-state index is 0. The fourth-order valence-corrected chi connectivity index (χ4v) is 3.67. The summed E-state index contributed by atoms with van der Waals surface area (Å²) in [6.45, 7) is 5.22. The molecule has 30 heavy (non-hydrogen) atoms. The Morgan fingerprint density at radius 3 is 2.30 bits per heavy atom. The van der Waals surface area contributed by atoms with Crippen LogP contribution in [0.1, 0.15) is 35.7 Å². The summed E-state index contributed by atoms with van der Waals surface area (Å²) < 4.78 is 40.3. The zero-order valence-corrected chi connectivity index (χ0v) is 18.7. The van der Waals surface area contributed by atoms with Gasteiger partial charge >= 0.3 is 6.18 Å². The van der Waals surface area contributed by atoms with E-state index in [0.717, 1.165) is 18.7 Å². The minimum Gasteiger partial charge on any atom is -0.350 e. The van der Waals surface area contributed by atoms with Gasteiger partial charge in [0.15, 0.2) is 0 Å². The Balaban J connectivity index is 0.00000225. The number of carbonyl (C=O) groups excluding carboxylic acids is 1. The molecule has 5 nitrogen and oxygen atoms in total. The lowest BCUT2D eigenvalue weighted by Gasteiger charge is -2.35. The molecule has 1 atom stereocenters. The van der Waals surface area contributed by atoms with Crippen LogP contribution in [0.25, 0.3) is 0 Å². The zero-order chi connectivity index (χ0) is 20.1. The third-order valence-electron chi connectivity index (χ3n) is 5.50. The Bertz CT molecular complexity index is 650. The molecule has 1 aliphatic carbocycles. The normalized spacial score (nSPS) is 18.3. The molecular weight excluding hydrogens is 440 g/mol. The first kappa shape index (κ1) is 27.0. The summed E-state index contributed by atoms with van der Waals surface area (Å²) in [6.07, 6.45) is -1.90. The van der Waals surface area contributed by atoms with Crippen LogP contribution in [0.15, 0.2) is 24.3 Å². The lowest BCUT2D eigenvalue weighted by Crippen LogP contribution is -2.57. The molecule has 2 fully saturated rings. The first-order chi connectivity index (χ1) is 13.4. The van der Waals surface area contributed by atoms with E-state index >= 15 is 0 Å². The Hall–Kier alpha value is -1.06. The first-order valence-corrected chi connectivity index (χ1v) is 10.0. The van der Waals surface area contributed by atoms with E-state index in [9.17, 15) is 18.0 Å². The van der Waals surface area contributed by atoms with Gasteiger partial charge in [0, 0.05) is 50.9 Å². The van der Waals surface area contributed by atoms with Crippen LogP contribution < -0.4 is 10.6 Å². The van der Waals surface area contributed by atoms with Crippen molar-refractivity contribution >= 4 is 30.7 Å². The Morgan fingerprint density at radius 2 is 1.80 bits per heavy atom. The largest absolute Gasteiger partial charge is 0.405 e. The third-order valence-corrected chi connectivity index (χ3v) is 5.50. The van der Waals surface area contributed by atoms with Crippen LogP contribution >= 0.6 is 24.8 Å². The molecule has 1 aromatic rings. The van der Waals surface area contributed by atoms with Gasteiger partial charge in [0.1, 0.15) is 6.04 Å². The van der Waals surface area contributed by atoms with Crippen molar-refractivity contribution in [2.75, 3.05) is 39.3 Å². The smallest absolute Gasteiger partial charge is 0.350 e. The molecule has 0 radical (unpaired) electrons. The summed E-state index contributed by atoms with van der Waals surface area (Å²) in [5, 5.41) is 5.52. The Morgan fingerprint density at radius 1 is 1.20 bits per heavy atom. The molecule has 172 valence electrons. The topological polar surface area (TPSA) is 47.6 Å². The summed E-state index contributed by atoms with van der Waals surface area (Å²) in [5.74, 6) is -0.467. The molecule has 0 aromatic heterocycles. The van der Waals surface area contributed by atoms with Crippen LogP contribution in [-0.4, -0.2) is 73.2 Å². The van der Waals surface area contributed by atoms with Gasteiger partial charge in [-0.2, -0.15) is 13.2 Å². The van der Waals surface area contributed by atoms with E-state index in [1.165, 1.54) is 17.7 Å². The maximum absolute atomic E-state index is 13.4. The molecule has 1 saturated heterocycles. The summed E-state index contributed by atoms with van der Waals surface area (Å²) >= 11 is 0. The van der Waals surface area contributed by atoms with Crippen molar-refractivity contribution in [2.45, 2.75) is 44.6 Å². The van der Waals surface area contributed by atoms with Crippen molar-refractivity contribution in [1.29, 1.82) is 0 Å². The standard InChI is InChI=1S/C20H29F3N4O.2ClH/c1-2-26(17-7-8-17)14-15-3-5-16(6-4-15)19(28)25-13-18(20(21,22)23)27-11-9-24-10-12-27;;/h3-6,17-18,24H,2,7-14H2,1H3,(H,25,28);2*1H. The van der Waals surface area contributed by atoms with Crippen molar-refractivity contribution < 1.29 is 18.0 Å². The van der Waals surface area contributed by atoms with Gasteiger partial charge in [0.05, 0.1) is 0 Å². The molecule has 0 bridgehead atoms. The van der Waals surface area contributed by atoms with Crippen molar-refractivity contribution in [3.05, 3.63) is 35.4 Å². The number of rotatable bonds is 8. The number of benzene rings is 1. The van der Waals surface area contributed by atoms with Gasteiger partial charge in [0.2, 0.25) is 0 Å². The molecule has 2 aliphatic rings. The van der Waals surface area contributed by atoms with E-state index in [0.29, 0.717) is 37.8 Å². The number of hydrogen-bond acceptors (Lipinski definition) is 4. The molecule has 2 N–H and O–H groups in total. The molecule has 1 aromatic carbocycles. The van der Waals surface area contributed by atoms with Crippen molar-refractivity contribution in [3.63, 3.8) is 0 Å². The highest BCUT2D eigenvalue weighted by molar-refractivity contribution is 5.94. The van der Waals surface area contributed by atoms with Crippen molar-refractivity contribution in [3.8, 4) is 0 Å². The van der Waals surface area contributed by atoms with Crippen LogP contribution in [0.4, 0.5) is 13.2 Å². The number of nitrogens with one attached hydrogen (secondary N) is 2. The summed E-state index contributed by atoms with van der Waals surface area (Å²) in [5.41, 5.74) is 1.50. The number of halogens is 5. The van der Waals surface area contributed by atoms with E-state index < -0.39 is 24.7 Å². The molecule has 1 aliphatic heterocycles. The lowest BCUT2D eigenvalue weighted by molar-refractivity contribution is -0.183. The third kappa shape index (κ3) is 7.57. The molecule has 1 amide bonds. The van der Waals surface area contributed by atoms with E-state index in [4.69, 9.17) is 0 Å². The quantitative estimate of drug-likeness (QED) is 0.612. The Labute approximate surface area is 188 Å². The number of alkyl halides is 3. The minimum atomic E-state index is -4.37. The average molecular weight is 471 g/mol. The van der Waals surface area contributed by atoms with Gasteiger partial charge in [-0.05, 0) is 37.1 Å². The van der Waals surface area contributed by atoms with Gasteiger partial charge in [-0.25, -0.2) is 0 Å². The molecule has 1 heterocycles. The fourth-order valence-electron chi connectivity index (χ4n) is 3.67. The SMILES string of the molecule is CCN(Cc1ccc(C(=O)NCC(N2CCNCC2)C(F)(F)F)cc1)C1CC1.Cl.Cl. The van der Waals surface area contributed by atoms with Crippen LogP contribution in [-0.2, 0) is 6.54 Å². The number of piperazine rings is 1. The highest BCUT2D eigenvalue weighted by Gasteiger charge is 2.43. The summed E-state index contributed by atoms with van der Waals surface area (Å²) in [7, 11) is 0. The van der Waals surface area contributed by atoms with Gasteiger partial charge < -0.3 is 10.6 Å². The maximum atomic E-state index is 13.4. The molecule has 0 spiro atoms. The van der Waals surface area contributed by atoms with Gasteiger partial charge in [-0.1, -0.05) is 19.1 Å². The predicted molar refractivity (Wildman–Crippen MR) is 117 cm³/mol. The van der Waals surface area contributed by atoms with Crippen LogP contribution in [0, 0.1) is 0 Å². The number of carbonyl (C=O) groups is 1. The van der Waals surface area contributed by atoms with E-state index in [-0.39, 0.29) is 24.8 Å². The monoisotopic (exact) mass is 470 g/mol. The van der Waals surface area contributed by atoms with Crippen LogP contribution in [0.2, 0.25) is 0 Å². The molecule has 3 rings (SSSR count). The highest BCUT2D eigenvalue weighted by Crippen LogP contribution is 2.28. The second kappa shape index (κ2) is 12.1. The van der Waals surface area contributed by atoms with E-state index in [1.54, 1.807) is 12.1 Å². The first-order valence-electron chi connectivity index (χ1n) is 10.0. The number of amides is 1. The summed E-state index contributed by atoms with van der Waals surface area (Å²) in [4.78, 5) is 16.1. The van der Waals surface area contributed by atoms with E-state index in [2.05, 4.69) is 22.5 Å². The second-order valence-corrected chi connectivity index (χ2v) is 7.54. The molecule has 1 saturated carbocycles. The highest BCUT2D eigenvalue weighted by atomic mass is 35.5. The van der Waals surface area contributed by atoms with Gasteiger partial charge in [-0.3, -0.25) is 14.6 Å². The number of hydrogen-bond donors (Lipinski definition) is 2. The lowest BCUT2D eigenvalue weighted by atomic mass is 10.1. The molecule has 10 heteroatoms. The van der Waals surface area contributed by atoms with Gasteiger partial charge in [-0.15, -0.1) is 24.8 Å². The fraction of sp³-hybridized carbons (Fsp3) is 0.650.